The van der Waals surface area contributed by atoms with Crippen molar-refractivity contribution in [2.24, 2.45) is 11.0 Å². The number of hydrogen-bond donors (Lipinski definition) is 3. The summed E-state index contributed by atoms with van der Waals surface area (Å²) in [5, 5.41) is 13.1. The zero-order chi connectivity index (χ0) is 10.8. The van der Waals surface area contributed by atoms with E-state index in [1.807, 2.05) is 0 Å². The van der Waals surface area contributed by atoms with E-state index in [0.717, 1.165) is 0 Å². The van der Waals surface area contributed by atoms with Gasteiger partial charge in [-0.2, -0.15) is 0 Å². The summed E-state index contributed by atoms with van der Waals surface area (Å²) in [5.41, 5.74) is 11.0. The molecule has 1 aromatic rings. The molecule has 14 heavy (non-hydrogen) atoms. The number of nitro benzene ring substituents is 1. The molecule has 0 aliphatic heterocycles. The van der Waals surface area contributed by atoms with Crippen molar-refractivity contribution in [3.8, 4) is 0 Å². The van der Waals surface area contributed by atoms with Crippen molar-refractivity contribution < 1.29 is 4.92 Å². The molecular formula is C6H9N4O2PS. The molecule has 1 rings (SSSR count). The molecule has 0 fully saturated rings. The van der Waals surface area contributed by atoms with E-state index in [-0.39, 0.29) is 11.4 Å². The second kappa shape index (κ2) is 4.02. The first-order chi connectivity index (χ1) is 6.40. The molecule has 0 amide bonds. The summed E-state index contributed by atoms with van der Waals surface area (Å²) in [5.74, 6) is 0. The number of nitrogens with zero attached hydrogens (tertiary/aromatic N) is 1. The van der Waals surface area contributed by atoms with Crippen LogP contribution in [-0.4, -0.2) is 4.92 Å². The molecule has 5 N–H and O–H groups in total. The number of nitrogens with two attached hydrogens (primary N) is 2. The topological polar surface area (TPSA) is 107 Å². The summed E-state index contributed by atoms with van der Waals surface area (Å²) >= 11 is 4.75. The van der Waals surface area contributed by atoms with E-state index >= 15 is 0 Å². The van der Waals surface area contributed by atoms with Gasteiger partial charge in [0.15, 0.2) is 6.49 Å². The Hall–Kier alpha value is -1.01. The molecule has 0 bridgehead atoms. The third-order valence-electron chi connectivity index (χ3n) is 1.40. The molecule has 76 valence electrons. The summed E-state index contributed by atoms with van der Waals surface area (Å²) in [6, 6.07) is 6.06. The van der Waals surface area contributed by atoms with Gasteiger partial charge in [0.05, 0.1) is 4.92 Å². The summed E-state index contributed by atoms with van der Waals surface area (Å²) in [6.07, 6.45) is 0. The monoisotopic (exact) mass is 232 g/mol. The number of hydrogen-bond acceptors (Lipinski definition) is 3. The summed E-state index contributed by atoms with van der Waals surface area (Å²) in [4.78, 5) is 10.0. The zero-order valence-corrected chi connectivity index (χ0v) is 8.79. The molecular weight excluding hydrogens is 223 g/mol. The van der Waals surface area contributed by atoms with Crippen LogP contribution in [0.3, 0.4) is 0 Å². The minimum Gasteiger partial charge on any atom is -0.330 e. The van der Waals surface area contributed by atoms with E-state index in [1.165, 1.54) is 12.1 Å². The highest BCUT2D eigenvalue weighted by Crippen LogP contribution is 2.33. The lowest BCUT2D eigenvalue weighted by molar-refractivity contribution is -0.383. The number of nitrogens with one attached hydrogen (secondary N) is 1. The van der Waals surface area contributed by atoms with Crippen LogP contribution in [-0.2, 0) is 11.8 Å². The lowest BCUT2D eigenvalue weighted by Gasteiger charge is -2.13. The third-order valence-corrected chi connectivity index (χ3v) is 2.26. The maximum absolute atomic E-state index is 10.6. The van der Waals surface area contributed by atoms with Crippen molar-refractivity contribution in [3.63, 3.8) is 0 Å². The van der Waals surface area contributed by atoms with Crippen LogP contribution in [0.5, 0.6) is 0 Å². The quantitative estimate of drug-likeness (QED) is 0.410. The Morgan fingerprint density at radius 2 is 2.00 bits per heavy atom. The van der Waals surface area contributed by atoms with E-state index in [1.54, 1.807) is 12.1 Å². The maximum Gasteiger partial charge on any atom is 0.292 e. The third kappa shape index (κ3) is 3.04. The van der Waals surface area contributed by atoms with E-state index in [0.29, 0.717) is 0 Å². The average Bonchev–Trinajstić information content (AvgIpc) is 2.01. The molecule has 0 radical (unpaired) electrons. The van der Waals surface area contributed by atoms with Gasteiger partial charge in [0.25, 0.3) is 5.69 Å². The van der Waals surface area contributed by atoms with Crippen molar-refractivity contribution in [1.29, 1.82) is 0 Å². The molecule has 0 unspecified atom stereocenters. The Kier molecular flexibility index (Phi) is 3.17. The lowest BCUT2D eigenvalue weighted by atomic mass is 10.3. The molecule has 0 aliphatic rings. The smallest absolute Gasteiger partial charge is 0.292 e. The first-order valence-electron chi connectivity index (χ1n) is 3.59. The Bertz CT molecular complexity index is 405. The van der Waals surface area contributed by atoms with Crippen LogP contribution >= 0.6 is 6.49 Å². The molecule has 8 heteroatoms. The van der Waals surface area contributed by atoms with Gasteiger partial charge in [-0.05, 0) is 17.9 Å². The van der Waals surface area contributed by atoms with Gasteiger partial charge in [0, 0.05) is 6.07 Å². The maximum atomic E-state index is 10.6. The predicted octanol–water partition coefficient (Wildman–Crippen LogP) is 1.15. The minimum atomic E-state index is -2.68. The van der Waals surface area contributed by atoms with E-state index in [4.69, 9.17) is 22.8 Å². The van der Waals surface area contributed by atoms with Gasteiger partial charge in [-0.25, -0.2) is 0 Å². The van der Waals surface area contributed by atoms with E-state index in [9.17, 15) is 10.1 Å². The van der Waals surface area contributed by atoms with Crippen LogP contribution in [0.15, 0.2) is 24.3 Å². The highest BCUT2D eigenvalue weighted by atomic mass is 32.4. The molecule has 0 aromatic heterocycles. The first-order valence-corrected chi connectivity index (χ1v) is 6.53. The van der Waals surface area contributed by atoms with Crippen molar-refractivity contribution in [1.82, 2.24) is 0 Å². The molecule has 1 aromatic carbocycles. The minimum absolute atomic E-state index is 0.0855. The number of anilines is 1. The van der Waals surface area contributed by atoms with Gasteiger partial charge in [-0.1, -0.05) is 12.1 Å². The number of rotatable bonds is 3. The number of benzene rings is 1. The first kappa shape index (κ1) is 11.1. The van der Waals surface area contributed by atoms with Crippen LogP contribution in [0.25, 0.3) is 0 Å². The summed E-state index contributed by atoms with van der Waals surface area (Å²) in [7, 11) is 0. The second-order valence-corrected chi connectivity index (χ2v) is 6.05. The summed E-state index contributed by atoms with van der Waals surface area (Å²) in [6.45, 7) is -2.68. The van der Waals surface area contributed by atoms with Crippen molar-refractivity contribution in [2.75, 3.05) is 5.09 Å². The molecule has 0 atom stereocenters. The Labute approximate surface area is 85.6 Å². The molecule has 0 saturated heterocycles. The van der Waals surface area contributed by atoms with Crippen LogP contribution in [0.4, 0.5) is 11.4 Å². The van der Waals surface area contributed by atoms with Gasteiger partial charge >= 0.3 is 0 Å². The molecule has 0 saturated carbocycles. The summed E-state index contributed by atoms with van der Waals surface area (Å²) < 4.78 is 0. The van der Waals surface area contributed by atoms with Gasteiger partial charge in [-0.3, -0.25) is 21.1 Å². The predicted molar refractivity (Wildman–Crippen MR) is 59.4 cm³/mol. The highest BCUT2D eigenvalue weighted by molar-refractivity contribution is 8.13. The second-order valence-electron chi connectivity index (χ2n) is 2.60. The Morgan fingerprint density at radius 3 is 2.50 bits per heavy atom. The largest absolute Gasteiger partial charge is 0.330 e. The van der Waals surface area contributed by atoms with E-state index < -0.39 is 11.4 Å². The van der Waals surface area contributed by atoms with Gasteiger partial charge in [0.2, 0.25) is 0 Å². The Morgan fingerprint density at radius 1 is 1.43 bits per heavy atom. The molecule has 0 spiro atoms. The van der Waals surface area contributed by atoms with E-state index in [2.05, 4.69) is 5.09 Å². The standard InChI is InChI=1S/C6H9N4O2PS/c7-13(8,14)9-5-3-1-2-4-6(5)10(11)12/h1-4H,(H5,7,8,9,14). The Balaban J connectivity index is 3.08. The zero-order valence-electron chi connectivity index (χ0n) is 7.08. The van der Waals surface area contributed by atoms with Crippen LogP contribution in [0, 0.1) is 10.1 Å². The normalized spacial score (nSPS) is 11.0. The molecule has 0 aliphatic carbocycles. The van der Waals surface area contributed by atoms with Crippen LogP contribution < -0.4 is 16.1 Å². The highest BCUT2D eigenvalue weighted by Gasteiger charge is 2.14. The van der Waals surface area contributed by atoms with Crippen molar-refractivity contribution >= 4 is 29.7 Å². The number of nitro groups is 1. The van der Waals surface area contributed by atoms with Crippen molar-refractivity contribution in [2.45, 2.75) is 0 Å². The van der Waals surface area contributed by atoms with Gasteiger partial charge in [-0.15, -0.1) is 0 Å². The fraction of sp³-hybridized carbons (Fsp3) is 0. The SMILES string of the molecule is NP(N)(=S)Nc1ccccc1[N+](=O)[O-]. The average molecular weight is 232 g/mol. The fourth-order valence-corrected chi connectivity index (χ4v) is 1.78. The number of para-hydroxylation sites is 2. The molecule has 6 nitrogen and oxygen atoms in total. The lowest BCUT2D eigenvalue weighted by Crippen LogP contribution is -2.13. The fourth-order valence-electron chi connectivity index (χ4n) is 0.916. The molecule has 0 heterocycles. The van der Waals surface area contributed by atoms with Crippen molar-refractivity contribution in [3.05, 3.63) is 34.4 Å². The van der Waals surface area contributed by atoms with Crippen LogP contribution in [0.2, 0.25) is 0 Å². The van der Waals surface area contributed by atoms with Gasteiger partial charge in [0.1, 0.15) is 5.69 Å². The van der Waals surface area contributed by atoms with Gasteiger partial charge < -0.3 is 5.09 Å². The van der Waals surface area contributed by atoms with Crippen LogP contribution in [0.1, 0.15) is 0 Å².